The summed E-state index contributed by atoms with van der Waals surface area (Å²) in [6.45, 7) is 7.73. The Balaban J connectivity index is 1.24. The number of para-hydroxylation sites is 1. The predicted octanol–water partition coefficient (Wildman–Crippen LogP) is 4.46. The van der Waals surface area contributed by atoms with Gasteiger partial charge in [-0.05, 0) is 83.6 Å². The van der Waals surface area contributed by atoms with E-state index in [-0.39, 0.29) is 11.5 Å². The maximum Gasteiger partial charge on any atom is 0.123 e. The summed E-state index contributed by atoms with van der Waals surface area (Å²) in [6, 6.07) is 8.56. The van der Waals surface area contributed by atoms with Gasteiger partial charge in [-0.3, -0.25) is 4.90 Å². The Morgan fingerprint density at radius 1 is 0.931 bits per heavy atom. The molecule has 3 aliphatic rings. The Morgan fingerprint density at radius 3 is 2.55 bits per heavy atom. The van der Waals surface area contributed by atoms with Gasteiger partial charge in [-0.15, -0.1) is 0 Å². The molecule has 3 fully saturated rings. The van der Waals surface area contributed by atoms with Crippen LogP contribution in [0, 0.1) is 5.41 Å². The van der Waals surface area contributed by atoms with E-state index in [4.69, 9.17) is 4.74 Å². The number of hydrogen-bond donors (Lipinski definition) is 1. The van der Waals surface area contributed by atoms with E-state index >= 15 is 0 Å². The van der Waals surface area contributed by atoms with E-state index in [9.17, 15) is 5.11 Å². The van der Waals surface area contributed by atoms with Crippen LogP contribution in [-0.4, -0.2) is 60.3 Å². The number of benzene rings is 1. The van der Waals surface area contributed by atoms with Gasteiger partial charge < -0.3 is 14.7 Å². The number of unbranched alkanes of at least 4 members (excludes halogenated alkanes) is 1. The van der Waals surface area contributed by atoms with Crippen LogP contribution in [0.15, 0.2) is 24.3 Å². The summed E-state index contributed by atoms with van der Waals surface area (Å²) >= 11 is 0. The first-order valence-corrected chi connectivity index (χ1v) is 12.1. The highest BCUT2D eigenvalue weighted by atomic mass is 16.5. The van der Waals surface area contributed by atoms with Crippen molar-refractivity contribution in [2.45, 2.75) is 76.9 Å². The predicted molar refractivity (Wildman–Crippen MR) is 118 cm³/mol. The monoisotopic (exact) mass is 400 g/mol. The van der Waals surface area contributed by atoms with Crippen LogP contribution in [0.4, 0.5) is 0 Å². The average molecular weight is 401 g/mol. The first-order chi connectivity index (χ1) is 14.3. The van der Waals surface area contributed by atoms with Gasteiger partial charge in [0.05, 0.1) is 12.7 Å². The van der Waals surface area contributed by atoms with Gasteiger partial charge in [-0.25, -0.2) is 0 Å². The van der Waals surface area contributed by atoms with Gasteiger partial charge in [0.15, 0.2) is 0 Å². The van der Waals surface area contributed by atoms with Crippen molar-refractivity contribution >= 4 is 0 Å². The third-order valence-corrected chi connectivity index (χ3v) is 7.49. The quantitative estimate of drug-likeness (QED) is 0.654. The molecule has 2 aliphatic heterocycles. The zero-order chi connectivity index (χ0) is 19.9. The molecular formula is C25H40N2O2. The normalized spacial score (nSPS) is 28.8. The second-order valence-corrected chi connectivity index (χ2v) is 9.65. The van der Waals surface area contributed by atoms with Crippen LogP contribution in [-0.2, 0) is 6.54 Å². The Kier molecular flexibility index (Phi) is 7.49. The van der Waals surface area contributed by atoms with Gasteiger partial charge in [0.2, 0.25) is 0 Å². The summed E-state index contributed by atoms with van der Waals surface area (Å²) in [5.41, 5.74) is 1.45. The molecule has 1 saturated carbocycles. The van der Waals surface area contributed by atoms with E-state index in [1.54, 1.807) is 0 Å². The molecule has 162 valence electrons. The van der Waals surface area contributed by atoms with Crippen molar-refractivity contribution in [1.29, 1.82) is 0 Å². The number of rotatable bonds is 8. The summed E-state index contributed by atoms with van der Waals surface area (Å²) in [5.74, 6) is 1.05. The molecule has 0 aromatic heterocycles. The molecule has 0 amide bonds. The number of aliphatic hydroxyl groups excluding tert-OH is 1. The summed E-state index contributed by atoms with van der Waals surface area (Å²) in [5, 5.41) is 10.5. The van der Waals surface area contributed by atoms with E-state index in [0.29, 0.717) is 0 Å². The molecule has 1 spiro atoms. The van der Waals surface area contributed by atoms with E-state index in [0.717, 1.165) is 44.8 Å². The van der Waals surface area contributed by atoms with E-state index in [1.807, 2.05) is 0 Å². The second kappa shape index (κ2) is 10.3. The number of ether oxygens (including phenoxy) is 1. The molecule has 2 heterocycles. The van der Waals surface area contributed by atoms with E-state index in [1.165, 1.54) is 76.6 Å². The largest absolute Gasteiger partial charge is 0.493 e. The molecule has 1 N–H and O–H groups in total. The third-order valence-electron chi connectivity index (χ3n) is 7.49. The van der Waals surface area contributed by atoms with E-state index < -0.39 is 0 Å². The molecule has 4 rings (SSSR count). The lowest BCUT2D eigenvalue weighted by molar-refractivity contribution is -0.0122. The van der Waals surface area contributed by atoms with Crippen molar-refractivity contribution in [2.24, 2.45) is 5.41 Å². The van der Waals surface area contributed by atoms with Crippen LogP contribution >= 0.6 is 0 Å². The third kappa shape index (κ3) is 5.53. The van der Waals surface area contributed by atoms with Crippen molar-refractivity contribution < 1.29 is 9.84 Å². The lowest BCUT2D eigenvalue weighted by atomic mass is 9.76. The molecule has 2 atom stereocenters. The van der Waals surface area contributed by atoms with Crippen LogP contribution in [0.2, 0.25) is 0 Å². The number of piperidine rings is 2. The fourth-order valence-electron chi connectivity index (χ4n) is 5.81. The fraction of sp³-hybridized carbons (Fsp3) is 0.760. The van der Waals surface area contributed by atoms with E-state index in [2.05, 4.69) is 34.1 Å². The van der Waals surface area contributed by atoms with Crippen LogP contribution in [0.1, 0.15) is 69.8 Å². The highest BCUT2D eigenvalue weighted by molar-refractivity contribution is 5.33. The van der Waals surface area contributed by atoms with Gasteiger partial charge in [-0.1, -0.05) is 31.0 Å². The molecular weight excluding hydrogens is 360 g/mol. The molecule has 1 aromatic carbocycles. The lowest BCUT2D eigenvalue weighted by Gasteiger charge is -2.42. The Hall–Kier alpha value is -1.10. The molecule has 4 nitrogen and oxygen atoms in total. The van der Waals surface area contributed by atoms with Crippen molar-refractivity contribution in [1.82, 2.24) is 9.80 Å². The van der Waals surface area contributed by atoms with Crippen molar-refractivity contribution in [3.05, 3.63) is 29.8 Å². The SMILES string of the molecule is O[C@@H]1CCC[C@]12CCCN(Cc1ccccc1OCCCCN1CCCCC1)C2. The van der Waals surface area contributed by atoms with Gasteiger partial charge in [0, 0.05) is 24.1 Å². The molecule has 0 bridgehead atoms. The summed E-state index contributed by atoms with van der Waals surface area (Å²) < 4.78 is 6.21. The first-order valence-electron chi connectivity index (χ1n) is 12.1. The number of likely N-dealkylation sites (tertiary alicyclic amines) is 2. The second-order valence-electron chi connectivity index (χ2n) is 9.65. The van der Waals surface area contributed by atoms with Crippen LogP contribution in [0.25, 0.3) is 0 Å². The summed E-state index contributed by atoms with van der Waals surface area (Å²) in [4.78, 5) is 5.16. The minimum Gasteiger partial charge on any atom is -0.493 e. The molecule has 1 aromatic rings. The Morgan fingerprint density at radius 2 is 1.72 bits per heavy atom. The van der Waals surface area contributed by atoms with Crippen molar-refractivity contribution in [2.75, 3.05) is 39.3 Å². The number of nitrogens with zero attached hydrogens (tertiary/aromatic N) is 2. The van der Waals surface area contributed by atoms with Gasteiger partial charge >= 0.3 is 0 Å². The Bertz CT molecular complexity index is 631. The zero-order valence-electron chi connectivity index (χ0n) is 18.2. The van der Waals surface area contributed by atoms with Gasteiger partial charge in [0.25, 0.3) is 0 Å². The molecule has 1 aliphatic carbocycles. The van der Waals surface area contributed by atoms with Gasteiger partial charge in [0.1, 0.15) is 5.75 Å². The van der Waals surface area contributed by atoms with Crippen LogP contribution < -0.4 is 4.74 Å². The van der Waals surface area contributed by atoms with Crippen LogP contribution in [0.5, 0.6) is 5.75 Å². The highest BCUT2D eigenvalue weighted by Gasteiger charge is 2.44. The topological polar surface area (TPSA) is 35.9 Å². The van der Waals surface area contributed by atoms with Gasteiger partial charge in [-0.2, -0.15) is 0 Å². The zero-order valence-corrected chi connectivity index (χ0v) is 18.2. The van der Waals surface area contributed by atoms with Crippen molar-refractivity contribution in [3.63, 3.8) is 0 Å². The smallest absolute Gasteiger partial charge is 0.123 e. The average Bonchev–Trinajstić information content (AvgIpc) is 3.09. The standard InChI is InChI=1S/C25H40N2O2/c28-24-12-8-13-25(24)14-9-18-27(21-25)20-22-10-2-3-11-23(22)29-19-7-6-17-26-15-4-1-5-16-26/h2-3,10-11,24,28H,1,4-9,12-21H2/t24-,25-/m1/s1. The number of aliphatic hydroxyl groups is 1. The number of hydrogen-bond acceptors (Lipinski definition) is 4. The minimum atomic E-state index is -0.100. The summed E-state index contributed by atoms with van der Waals surface area (Å²) in [7, 11) is 0. The minimum absolute atomic E-state index is 0.100. The molecule has 0 radical (unpaired) electrons. The highest BCUT2D eigenvalue weighted by Crippen LogP contribution is 2.45. The lowest BCUT2D eigenvalue weighted by Crippen LogP contribution is -2.46. The van der Waals surface area contributed by atoms with Crippen LogP contribution in [0.3, 0.4) is 0 Å². The maximum absolute atomic E-state index is 10.5. The Labute approximate surface area is 177 Å². The molecule has 0 unspecified atom stereocenters. The molecule has 2 saturated heterocycles. The first kappa shape index (κ1) is 21.1. The fourth-order valence-corrected chi connectivity index (χ4v) is 5.81. The molecule has 4 heteroatoms. The summed E-state index contributed by atoms with van der Waals surface area (Å²) in [6.07, 6.45) is 12.2. The van der Waals surface area contributed by atoms with Crippen molar-refractivity contribution in [3.8, 4) is 5.75 Å². The maximum atomic E-state index is 10.5. The molecule has 29 heavy (non-hydrogen) atoms.